The van der Waals surface area contributed by atoms with Crippen LogP contribution >= 0.6 is 0 Å². The van der Waals surface area contributed by atoms with Crippen LogP contribution in [0.1, 0.15) is 5.56 Å². The van der Waals surface area contributed by atoms with Gasteiger partial charge < -0.3 is 15.6 Å². The van der Waals surface area contributed by atoms with Gasteiger partial charge in [-0.3, -0.25) is 0 Å². The number of halogens is 1. The molecule has 0 aliphatic rings. The van der Waals surface area contributed by atoms with Crippen LogP contribution in [0.3, 0.4) is 0 Å². The third-order valence-electron chi connectivity index (χ3n) is 2.30. The molecule has 3 N–H and O–H groups in total. The molecule has 2 rings (SSSR count). The van der Waals surface area contributed by atoms with Crippen LogP contribution in [0.25, 0.3) is 0 Å². The fraction of sp³-hybridized carbons (Fsp3) is 0.0769. The summed E-state index contributed by atoms with van der Waals surface area (Å²) in [5, 5.41) is 9.59. The molecule has 0 aliphatic heterocycles. The smallest absolute Gasteiger partial charge is 0.126 e. The monoisotopic (exact) mass is 233 g/mol. The van der Waals surface area contributed by atoms with E-state index in [4.69, 9.17) is 10.5 Å². The van der Waals surface area contributed by atoms with Crippen LogP contribution < -0.4 is 10.5 Å². The van der Waals surface area contributed by atoms with Crippen LogP contribution in [0.2, 0.25) is 0 Å². The van der Waals surface area contributed by atoms with Gasteiger partial charge in [-0.15, -0.1) is 0 Å². The quantitative estimate of drug-likeness (QED) is 0.801. The van der Waals surface area contributed by atoms with E-state index < -0.39 is 0 Å². The van der Waals surface area contributed by atoms with Gasteiger partial charge in [0.05, 0.1) is 0 Å². The van der Waals surface area contributed by atoms with Gasteiger partial charge in [0.25, 0.3) is 0 Å². The van der Waals surface area contributed by atoms with Crippen LogP contribution in [0.5, 0.6) is 11.5 Å². The first-order valence-corrected chi connectivity index (χ1v) is 5.11. The van der Waals surface area contributed by atoms with Crippen molar-refractivity contribution >= 4 is 5.69 Å². The van der Waals surface area contributed by atoms with E-state index in [2.05, 4.69) is 0 Å². The standard InChI is InChI=1S/C13H12FNO2/c14-10-2-1-3-12(6-10)17-8-9-4-5-11(15)7-13(9)16/h1-7,16H,8,15H2. The lowest BCUT2D eigenvalue weighted by molar-refractivity contribution is 0.298. The van der Waals surface area contributed by atoms with E-state index in [9.17, 15) is 9.50 Å². The highest BCUT2D eigenvalue weighted by Gasteiger charge is 2.03. The summed E-state index contributed by atoms with van der Waals surface area (Å²) in [6, 6.07) is 10.6. The van der Waals surface area contributed by atoms with Crippen molar-refractivity contribution in [2.75, 3.05) is 5.73 Å². The summed E-state index contributed by atoms with van der Waals surface area (Å²) in [4.78, 5) is 0. The van der Waals surface area contributed by atoms with Crippen LogP contribution in [-0.4, -0.2) is 5.11 Å². The fourth-order valence-corrected chi connectivity index (χ4v) is 1.42. The predicted molar refractivity (Wildman–Crippen MR) is 63.3 cm³/mol. The van der Waals surface area contributed by atoms with Gasteiger partial charge in [-0.05, 0) is 24.3 Å². The Morgan fingerprint density at radius 1 is 1.18 bits per heavy atom. The van der Waals surface area contributed by atoms with Crippen molar-refractivity contribution < 1.29 is 14.2 Å². The molecular weight excluding hydrogens is 221 g/mol. The van der Waals surface area contributed by atoms with E-state index in [0.29, 0.717) is 17.0 Å². The van der Waals surface area contributed by atoms with Gasteiger partial charge in [-0.25, -0.2) is 4.39 Å². The Balaban J connectivity index is 2.07. The number of hydrogen-bond acceptors (Lipinski definition) is 3. The van der Waals surface area contributed by atoms with E-state index in [-0.39, 0.29) is 18.2 Å². The molecule has 0 saturated carbocycles. The van der Waals surface area contributed by atoms with E-state index in [0.717, 1.165) is 0 Å². The zero-order valence-corrected chi connectivity index (χ0v) is 9.06. The molecule has 0 amide bonds. The molecule has 0 spiro atoms. The van der Waals surface area contributed by atoms with Crippen LogP contribution in [-0.2, 0) is 6.61 Å². The topological polar surface area (TPSA) is 55.5 Å². The second-order valence-electron chi connectivity index (χ2n) is 3.63. The summed E-state index contributed by atoms with van der Waals surface area (Å²) in [6.07, 6.45) is 0. The highest BCUT2D eigenvalue weighted by Crippen LogP contribution is 2.22. The SMILES string of the molecule is Nc1ccc(COc2cccc(F)c2)c(O)c1. The van der Waals surface area contributed by atoms with Crippen molar-refractivity contribution in [3.05, 3.63) is 53.8 Å². The Labute approximate surface area is 98.3 Å². The minimum atomic E-state index is -0.357. The Morgan fingerprint density at radius 3 is 2.71 bits per heavy atom. The molecule has 0 unspecified atom stereocenters. The average Bonchev–Trinajstić information content (AvgIpc) is 2.28. The van der Waals surface area contributed by atoms with Gasteiger partial charge in [0.1, 0.15) is 23.9 Å². The van der Waals surface area contributed by atoms with Crippen molar-refractivity contribution in [3.8, 4) is 11.5 Å². The molecule has 17 heavy (non-hydrogen) atoms. The van der Waals surface area contributed by atoms with E-state index in [1.165, 1.54) is 18.2 Å². The molecule has 0 aromatic heterocycles. The van der Waals surface area contributed by atoms with Crippen molar-refractivity contribution in [1.82, 2.24) is 0 Å². The highest BCUT2D eigenvalue weighted by atomic mass is 19.1. The molecule has 2 aromatic carbocycles. The number of ether oxygens (including phenoxy) is 1. The molecule has 4 heteroatoms. The van der Waals surface area contributed by atoms with Gasteiger partial charge >= 0.3 is 0 Å². The van der Waals surface area contributed by atoms with Crippen LogP contribution in [0, 0.1) is 5.82 Å². The summed E-state index contributed by atoms with van der Waals surface area (Å²) in [6.45, 7) is 0.162. The minimum absolute atomic E-state index is 0.0707. The maximum Gasteiger partial charge on any atom is 0.126 e. The molecule has 0 bridgehead atoms. The first-order chi connectivity index (χ1) is 8.15. The van der Waals surface area contributed by atoms with Gasteiger partial charge in [0, 0.05) is 23.4 Å². The van der Waals surface area contributed by atoms with Crippen molar-refractivity contribution in [2.24, 2.45) is 0 Å². The largest absolute Gasteiger partial charge is 0.507 e. The highest BCUT2D eigenvalue weighted by molar-refractivity contribution is 5.47. The molecule has 0 heterocycles. The second kappa shape index (κ2) is 4.74. The zero-order valence-electron chi connectivity index (χ0n) is 9.06. The van der Waals surface area contributed by atoms with E-state index in [1.54, 1.807) is 24.3 Å². The lowest BCUT2D eigenvalue weighted by Gasteiger charge is -2.08. The lowest BCUT2D eigenvalue weighted by atomic mass is 10.2. The summed E-state index contributed by atoms with van der Waals surface area (Å²) in [5.74, 6) is 0.131. The number of nitrogens with two attached hydrogens (primary N) is 1. The maximum absolute atomic E-state index is 12.9. The normalized spacial score (nSPS) is 10.2. The number of nitrogen functional groups attached to an aromatic ring is 1. The molecule has 0 atom stereocenters. The second-order valence-corrected chi connectivity index (χ2v) is 3.63. The summed E-state index contributed by atoms with van der Waals surface area (Å²) >= 11 is 0. The van der Waals surface area contributed by atoms with Gasteiger partial charge in [-0.1, -0.05) is 6.07 Å². The van der Waals surface area contributed by atoms with Crippen molar-refractivity contribution in [2.45, 2.75) is 6.61 Å². The van der Waals surface area contributed by atoms with E-state index in [1.807, 2.05) is 0 Å². The lowest BCUT2D eigenvalue weighted by Crippen LogP contribution is -1.97. The summed E-state index contributed by atoms with van der Waals surface area (Å²) in [5.41, 5.74) is 6.59. The van der Waals surface area contributed by atoms with Crippen LogP contribution in [0.4, 0.5) is 10.1 Å². The average molecular weight is 233 g/mol. The third-order valence-corrected chi connectivity index (χ3v) is 2.30. The summed E-state index contributed by atoms with van der Waals surface area (Å²) < 4.78 is 18.2. The number of rotatable bonds is 3. The predicted octanol–water partition coefficient (Wildman–Crippen LogP) is 2.69. The van der Waals surface area contributed by atoms with Crippen LogP contribution in [0.15, 0.2) is 42.5 Å². The Kier molecular flexibility index (Phi) is 3.14. The molecular formula is C13H12FNO2. The third kappa shape index (κ3) is 2.87. The first-order valence-electron chi connectivity index (χ1n) is 5.11. The number of phenolic OH excluding ortho intramolecular Hbond substituents is 1. The van der Waals surface area contributed by atoms with Gasteiger partial charge in [0.2, 0.25) is 0 Å². The van der Waals surface area contributed by atoms with Crippen molar-refractivity contribution in [1.29, 1.82) is 0 Å². The zero-order chi connectivity index (χ0) is 12.3. The number of phenols is 1. The summed E-state index contributed by atoms with van der Waals surface area (Å²) in [7, 11) is 0. The number of benzene rings is 2. The molecule has 0 saturated heterocycles. The Morgan fingerprint density at radius 2 is 2.00 bits per heavy atom. The Hall–Kier alpha value is -2.23. The molecule has 2 aromatic rings. The minimum Gasteiger partial charge on any atom is -0.507 e. The molecule has 88 valence electrons. The van der Waals surface area contributed by atoms with Crippen molar-refractivity contribution in [3.63, 3.8) is 0 Å². The first kappa shape index (κ1) is 11.3. The Bertz CT molecular complexity index is 529. The fourth-order valence-electron chi connectivity index (χ4n) is 1.42. The molecule has 0 aliphatic carbocycles. The molecule has 0 fully saturated rings. The number of hydrogen-bond donors (Lipinski definition) is 2. The van der Waals surface area contributed by atoms with Gasteiger partial charge in [-0.2, -0.15) is 0 Å². The van der Waals surface area contributed by atoms with Gasteiger partial charge in [0.15, 0.2) is 0 Å². The number of anilines is 1. The number of aromatic hydroxyl groups is 1. The molecule has 3 nitrogen and oxygen atoms in total. The molecule has 0 radical (unpaired) electrons. The van der Waals surface area contributed by atoms with E-state index >= 15 is 0 Å². The maximum atomic E-state index is 12.9.